The number of pyridine rings is 2. The van der Waals surface area contributed by atoms with Crippen molar-refractivity contribution in [3.8, 4) is 5.88 Å². The molecular formula is C15H19N5O3. The standard InChI is InChI=1S/C15H19N5O3/c1-23-14-3-2-11-12(4-6-16-15(11)18-14)17-10-5-7-20(8-10)9-13(21)19-22/h2-4,6,10,22H,5,7-9H2,1H3,(H,19,21)(H,16,17,18). The number of hydroxylamine groups is 1. The van der Waals surface area contributed by atoms with Gasteiger partial charge in [-0.3, -0.25) is 14.9 Å². The summed E-state index contributed by atoms with van der Waals surface area (Å²) in [5.41, 5.74) is 3.25. The van der Waals surface area contributed by atoms with Crippen molar-refractivity contribution in [2.75, 3.05) is 32.1 Å². The number of carbonyl (C=O) groups excluding carboxylic acids is 1. The Morgan fingerprint density at radius 3 is 3.13 bits per heavy atom. The number of nitrogens with one attached hydrogen (secondary N) is 2. The van der Waals surface area contributed by atoms with Crippen LogP contribution in [0.2, 0.25) is 0 Å². The van der Waals surface area contributed by atoms with Crippen LogP contribution >= 0.6 is 0 Å². The Morgan fingerprint density at radius 2 is 2.35 bits per heavy atom. The number of methoxy groups -OCH3 is 1. The third-order valence-corrected chi connectivity index (χ3v) is 3.91. The summed E-state index contributed by atoms with van der Waals surface area (Å²) < 4.78 is 5.12. The molecular weight excluding hydrogens is 298 g/mol. The van der Waals surface area contributed by atoms with Crippen LogP contribution in [0.25, 0.3) is 11.0 Å². The second-order valence-electron chi connectivity index (χ2n) is 5.48. The molecule has 0 saturated carbocycles. The Labute approximate surface area is 133 Å². The first-order valence-corrected chi connectivity index (χ1v) is 7.41. The highest BCUT2D eigenvalue weighted by atomic mass is 16.5. The summed E-state index contributed by atoms with van der Waals surface area (Å²) in [5.74, 6) is 0.139. The van der Waals surface area contributed by atoms with E-state index in [-0.39, 0.29) is 12.6 Å². The molecule has 0 radical (unpaired) electrons. The van der Waals surface area contributed by atoms with Crippen molar-refractivity contribution in [2.45, 2.75) is 12.5 Å². The topological polar surface area (TPSA) is 99.6 Å². The Bertz CT molecular complexity index is 709. The van der Waals surface area contributed by atoms with E-state index >= 15 is 0 Å². The van der Waals surface area contributed by atoms with Crippen molar-refractivity contribution in [1.29, 1.82) is 0 Å². The fraction of sp³-hybridized carbons (Fsp3) is 0.400. The van der Waals surface area contributed by atoms with E-state index in [1.165, 1.54) is 0 Å². The van der Waals surface area contributed by atoms with Gasteiger partial charge in [0.1, 0.15) is 0 Å². The largest absolute Gasteiger partial charge is 0.481 e. The number of carbonyl (C=O) groups is 1. The molecule has 23 heavy (non-hydrogen) atoms. The second-order valence-corrected chi connectivity index (χ2v) is 5.48. The zero-order valence-electron chi connectivity index (χ0n) is 12.8. The summed E-state index contributed by atoms with van der Waals surface area (Å²) in [7, 11) is 1.58. The number of nitrogens with zero attached hydrogens (tertiary/aromatic N) is 3. The van der Waals surface area contributed by atoms with E-state index in [0.717, 1.165) is 30.6 Å². The average molecular weight is 317 g/mol. The fourth-order valence-electron chi connectivity index (χ4n) is 2.80. The quantitative estimate of drug-likeness (QED) is 0.549. The lowest BCUT2D eigenvalue weighted by Crippen LogP contribution is -2.35. The molecule has 1 atom stereocenters. The Hall–Kier alpha value is -2.45. The third-order valence-electron chi connectivity index (χ3n) is 3.91. The minimum Gasteiger partial charge on any atom is -0.481 e. The maximum absolute atomic E-state index is 11.2. The smallest absolute Gasteiger partial charge is 0.257 e. The molecule has 2 aromatic rings. The van der Waals surface area contributed by atoms with Crippen LogP contribution in [0, 0.1) is 0 Å². The molecule has 0 bridgehead atoms. The van der Waals surface area contributed by atoms with Crippen LogP contribution in [-0.4, -0.2) is 58.8 Å². The van der Waals surface area contributed by atoms with Crippen LogP contribution in [0.5, 0.6) is 5.88 Å². The van der Waals surface area contributed by atoms with Crippen molar-refractivity contribution < 1.29 is 14.7 Å². The van der Waals surface area contributed by atoms with Gasteiger partial charge in [-0.05, 0) is 18.6 Å². The molecule has 0 aromatic carbocycles. The summed E-state index contributed by atoms with van der Waals surface area (Å²) >= 11 is 0. The molecule has 8 heteroatoms. The van der Waals surface area contributed by atoms with Gasteiger partial charge in [-0.2, -0.15) is 4.98 Å². The van der Waals surface area contributed by atoms with Crippen LogP contribution in [0.1, 0.15) is 6.42 Å². The number of aromatic nitrogens is 2. The highest BCUT2D eigenvalue weighted by Gasteiger charge is 2.24. The van der Waals surface area contributed by atoms with Crippen LogP contribution < -0.4 is 15.5 Å². The zero-order chi connectivity index (χ0) is 16.2. The molecule has 1 saturated heterocycles. The third kappa shape index (κ3) is 3.49. The lowest BCUT2D eigenvalue weighted by Gasteiger charge is -2.17. The molecule has 1 fully saturated rings. The first-order valence-electron chi connectivity index (χ1n) is 7.41. The summed E-state index contributed by atoms with van der Waals surface area (Å²) in [6.07, 6.45) is 2.63. The number of hydrogen-bond acceptors (Lipinski definition) is 7. The monoisotopic (exact) mass is 317 g/mol. The number of amides is 1. The van der Waals surface area contributed by atoms with Gasteiger partial charge in [-0.15, -0.1) is 0 Å². The number of likely N-dealkylation sites (tertiary alicyclic amines) is 1. The molecule has 8 nitrogen and oxygen atoms in total. The molecule has 3 N–H and O–H groups in total. The van der Waals surface area contributed by atoms with E-state index in [1.54, 1.807) is 18.8 Å². The first kappa shape index (κ1) is 15.4. The van der Waals surface area contributed by atoms with Gasteiger partial charge in [0.2, 0.25) is 5.88 Å². The SMILES string of the molecule is COc1ccc2c(NC3CCN(CC(=O)NO)C3)ccnc2n1. The first-order chi connectivity index (χ1) is 11.2. The summed E-state index contributed by atoms with van der Waals surface area (Å²) in [6, 6.07) is 5.89. The van der Waals surface area contributed by atoms with Crippen LogP contribution in [0.4, 0.5) is 5.69 Å². The molecule has 122 valence electrons. The molecule has 3 heterocycles. The van der Waals surface area contributed by atoms with Crippen LogP contribution in [-0.2, 0) is 4.79 Å². The summed E-state index contributed by atoms with van der Waals surface area (Å²) in [5, 5.41) is 13.0. The molecule has 3 rings (SSSR count). The Balaban J connectivity index is 1.71. The summed E-state index contributed by atoms with van der Waals surface area (Å²) in [6.45, 7) is 1.74. The van der Waals surface area contributed by atoms with E-state index in [4.69, 9.17) is 9.94 Å². The highest BCUT2D eigenvalue weighted by Crippen LogP contribution is 2.24. The normalized spacial score (nSPS) is 18.1. The highest BCUT2D eigenvalue weighted by molar-refractivity contribution is 5.89. The van der Waals surface area contributed by atoms with Crippen molar-refractivity contribution in [3.05, 3.63) is 24.4 Å². The van der Waals surface area contributed by atoms with E-state index in [2.05, 4.69) is 15.3 Å². The number of hydrogen-bond donors (Lipinski definition) is 3. The van der Waals surface area contributed by atoms with Crippen molar-refractivity contribution in [2.24, 2.45) is 0 Å². The van der Waals surface area contributed by atoms with Crippen LogP contribution in [0.3, 0.4) is 0 Å². The molecule has 2 aromatic heterocycles. The molecule has 0 aliphatic carbocycles. The average Bonchev–Trinajstić information content (AvgIpc) is 3.01. The predicted molar refractivity (Wildman–Crippen MR) is 84.5 cm³/mol. The minimum absolute atomic E-state index is 0.199. The number of ether oxygens (including phenoxy) is 1. The maximum Gasteiger partial charge on any atom is 0.257 e. The lowest BCUT2D eigenvalue weighted by molar-refractivity contribution is -0.130. The number of anilines is 1. The van der Waals surface area contributed by atoms with Crippen LogP contribution in [0.15, 0.2) is 24.4 Å². The number of fused-ring (bicyclic) bond motifs is 1. The van der Waals surface area contributed by atoms with Crippen molar-refractivity contribution in [3.63, 3.8) is 0 Å². The second kappa shape index (κ2) is 6.76. The minimum atomic E-state index is -0.392. The molecule has 0 spiro atoms. The fourth-order valence-corrected chi connectivity index (χ4v) is 2.80. The lowest BCUT2D eigenvalue weighted by atomic mass is 10.2. The van der Waals surface area contributed by atoms with Gasteiger partial charge in [-0.25, -0.2) is 10.5 Å². The Morgan fingerprint density at radius 1 is 1.48 bits per heavy atom. The molecule has 1 unspecified atom stereocenters. The van der Waals surface area contributed by atoms with E-state index in [1.807, 2.05) is 23.1 Å². The molecule has 1 aliphatic heterocycles. The van der Waals surface area contributed by atoms with Crippen molar-refractivity contribution in [1.82, 2.24) is 20.3 Å². The summed E-state index contributed by atoms with van der Waals surface area (Å²) in [4.78, 5) is 21.8. The van der Waals surface area contributed by atoms with Gasteiger partial charge in [0.15, 0.2) is 5.65 Å². The zero-order valence-corrected chi connectivity index (χ0v) is 12.8. The molecule has 1 amide bonds. The van der Waals surface area contributed by atoms with E-state index in [9.17, 15) is 4.79 Å². The predicted octanol–water partition coefficient (Wildman–Crippen LogP) is 0.630. The molecule has 1 aliphatic rings. The van der Waals surface area contributed by atoms with Gasteiger partial charge in [0.25, 0.3) is 5.91 Å². The van der Waals surface area contributed by atoms with E-state index < -0.39 is 5.91 Å². The van der Waals surface area contributed by atoms with Gasteiger partial charge in [0, 0.05) is 42.5 Å². The van der Waals surface area contributed by atoms with Gasteiger partial charge in [-0.1, -0.05) is 0 Å². The van der Waals surface area contributed by atoms with Gasteiger partial charge in [0.05, 0.1) is 13.7 Å². The van der Waals surface area contributed by atoms with Gasteiger partial charge >= 0.3 is 0 Å². The van der Waals surface area contributed by atoms with Gasteiger partial charge < -0.3 is 10.1 Å². The van der Waals surface area contributed by atoms with E-state index in [0.29, 0.717) is 11.5 Å². The number of rotatable bonds is 5. The Kier molecular flexibility index (Phi) is 4.54. The maximum atomic E-state index is 11.2. The van der Waals surface area contributed by atoms with Crippen molar-refractivity contribution >= 4 is 22.6 Å².